The zero-order chi connectivity index (χ0) is 16.9. The van der Waals surface area contributed by atoms with E-state index in [0.717, 1.165) is 6.42 Å². The second kappa shape index (κ2) is 9.00. The minimum Gasteiger partial charge on any atom is -1.00 e. The Kier molecular flexibility index (Phi) is 8.24. The summed E-state index contributed by atoms with van der Waals surface area (Å²) < 4.78 is 0. The van der Waals surface area contributed by atoms with Gasteiger partial charge in [0.2, 0.25) is 0 Å². The van der Waals surface area contributed by atoms with Gasteiger partial charge in [0.05, 0.1) is 7.59 Å². The largest absolute Gasteiger partial charge is 4.00 e. The van der Waals surface area contributed by atoms with Crippen LogP contribution in [0.3, 0.4) is 0 Å². The molecule has 0 saturated carbocycles. The van der Waals surface area contributed by atoms with Gasteiger partial charge in [0, 0.05) is 7.59 Å². The van der Waals surface area contributed by atoms with Gasteiger partial charge in [-0.05, 0) is 0 Å². The number of allylic oxidation sites excluding steroid dienone is 4. The maximum absolute atomic E-state index is 2.99. The standard InChI is InChI=1S/C17H19Si2.C5H5.2ClH.Hf/c1-18(2)16-10-9-14-13-8-6-5-7-12(13)11-15(14)17(16)19(18,3)4;1-2-4-5-3-1;;;/h5-11H,1-4H3;1-3H,4H2;2*1H;/q2*-1;;;+4/p-2. The monoisotopic (exact) mass is 594 g/mol. The molecule has 0 nitrogen and oxygen atoms in total. The van der Waals surface area contributed by atoms with Crippen molar-refractivity contribution in [1.82, 2.24) is 0 Å². The summed E-state index contributed by atoms with van der Waals surface area (Å²) in [5, 5.41) is 9.35. The van der Waals surface area contributed by atoms with Crippen LogP contribution in [0.25, 0.3) is 21.5 Å². The van der Waals surface area contributed by atoms with Crippen molar-refractivity contribution < 1.29 is 50.7 Å². The molecule has 3 aromatic carbocycles. The first-order valence-electron chi connectivity index (χ1n) is 8.78. The molecule has 0 spiro atoms. The normalized spacial score (nSPS) is 16.9. The van der Waals surface area contributed by atoms with Crippen LogP contribution in [-0.4, -0.2) is 15.2 Å². The molecule has 1 aliphatic carbocycles. The predicted octanol–water partition coefficient (Wildman–Crippen LogP) is -1.05. The van der Waals surface area contributed by atoms with E-state index in [1.165, 1.54) is 16.2 Å². The number of fused-ring (bicyclic) bond motifs is 5. The van der Waals surface area contributed by atoms with Crippen molar-refractivity contribution in [2.45, 2.75) is 32.6 Å². The van der Waals surface area contributed by atoms with Crippen molar-refractivity contribution in [3.63, 3.8) is 0 Å². The minimum absolute atomic E-state index is 0. The van der Waals surface area contributed by atoms with E-state index in [4.69, 9.17) is 0 Å². The Balaban J connectivity index is 0.000000402. The van der Waals surface area contributed by atoms with Crippen LogP contribution in [0.2, 0.25) is 26.2 Å². The Morgan fingerprint density at radius 2 is 1.59 bits per heavy atom. The van der Waals surface area contributed by atoms with E-state index in [1.807, 2.05) is 12.2 Å². The fraction of sp³-hybridized carbons (Fsp3) is 0.227. The molecule has 0 radical (unpaired) electrons. The Morgan fingerprint density at radius 1 is 0.889 bits per heavy atom. The fourth-order valence-corrected chi connectivity index (χ4v) is 14.7. The van der Waals surface area contributed by atoms with Crippen LogP contribution in [0, 0.1) is 6.08 Å². The van der Waals surface area contributed by atoms with Crippen LogP contribution in [0.4, 0.5) is 0 Å². The van der Waals surface area contributed by atoms with Gasteiger partial charge in [0.15, 0.2) is 0 Å². The molecular weight excluding hydrogens is 570 g/mol. The fourth-order valence-electron chi connectivity index (χ4n) is 4.15. The van der Waals surface area contributed by atoms with Gasteiger partial charge >= 0.3 is 25.8 Å². The quantitative estimate of drug-likeness (QED) is 0.231. The van der Waals surface area contributed by atoms with Gasteiger partial charge in [-0.1, -0.05) is 61.7 Å². The Labute approximate surface area is 195 Å². The third-order valence-corrected chi connectivity index (χ3v) is 24.1. The molecule has 0 unspecified atom stereocenters. The summed E-state index contributed by atoms with van der Waals surface area (Å²) in [4.78, 5) is 0. The van der Waals surface area contributed by atoms with Crippen LogP contribution in [0.5, 0.6) is 0 Å². The van der Waals surface area contributed by atoms with E-state index in [0.29, 0.717) is 0 Å². The minimum atomic E-state index is -1.19. The van der Waals surface area contributed by atoms with Gasteiger partial charge < -0.3 is 24.8 Å². The topological polar surface area (TPSA) is 0 Å². The molecule has 1 heterocycles. The van der Waals surface area contributed by atoms with Crippen LogP contribution in [0.15, 0.2) is 60.7 Å². The summed E-state index contributed by atoms with van der Waals surface area (Å²) in [6.07, 6.45) is 10.0. The van der Waals surface area contributed by atoms with Crippen molar-refractivity contribution in [2.24, 2.45) is 0 Å². The van der Waals surface area contributed by atoms with Crippen LogP contribution < -0.4 is 35.2 Å². The molecule has 0 amide bonds. The van der Waals surface area contributed by atoms with E-state index < -0.39 is 15.2 Å². The molecule has 3 aromatic rings. The van der Waals surface area contributed by atoms with E-state index in [2.05, 4.69) is 80.8 Å². The summed E-state index contributed by atoms with van der Waals surface area (Å²) in [5.41, 5.74) is 0. The second-order valence-electron chi connectivity index (χ2n) is 7.93. The van der Waals surface area contributed by atoms with Crippen LogP contribution >= 0.6 is 0 Å². The molecule has 1 aliphatic heterocycles. The second-order valence-corrected chi connectivity index (χ2v) is 23.0. The SMILES string of the molecule is C[Si]1(C)c2ccc3c([cH-]c4ccccc43)c2[Si]1(C)C.[C-]1=CC=CC1.[Cl-].[Cl-].[Hf+4]. The van der Waals surface area contributed by atoms with Crippen LogP contribution in [-0.2, 0) is 25.8 Å². The molecular formula is C22H24Cl2HfSi2. The Bertz CT molecular complexity index is 990. The van der Waals surface area contributed by atoms with Crippen molar-refractivity contribution in [1.29, 1.82) is 0 Å². The van der Waals surface area contributed by atoms with Gasteiger partial charge in [-0.15, -0.1) is 45.3 Å². The number of halogens is 2. The maximum Gasteiger partial charge on any atom is 4.00 e. The molecule has 0 saturated heterocycles. The summed E-state index contributed by atoms with van der Waals surface area (Å²) in [6, 6.07) is 16.1. The van der Waals surface area contributed by atoms with Gasteiger partial charge in [0.1, 0.15) is 0 Å². The van der Waals surface area contributed by atoms with Crippen molar-refractivity contribution in [3.8, 4) is 0 Å². The average Bonchev–Trinajstić information content (AvgIpc) is 3.24. The van der Waals surface area contributed by atoms with E-state index in [-0.39, 0.29) is 50.7 Å². The van der Waals surface area contributed by atoms with E-state index in [1.54, 1.807) is 15.8 Å². The van der Waals surface area contributed by atoms with Gasteiger partial charge in [-0.3, -0.25) is 6.08 Å². The molecule has 0 fully saturated rings. The summed E-state index contributed by atoms with van der Waals surface area (Å²) in [5.74, 6) is 0. The third-order valence-electron chi connectivity index (χ3n) is 6.24. The van der Waals surface area contributed by atoms with Crippen molar-refractivity contribution in [2.75, 3.05) is 0 Å². The molecule has 0 aromatic heterocycles. The van der Waals surface area contributed by atoms with E-state index >= 15 is 0 Å². The van der Waals surface area contributed by atoms with Gasteiger partial charge in [-0.2, -0.15) is 6.08 Å². The first kappa shape index (κ1) is 24.7. The van der Waals surface area contributed by atoms with Gasteiger partial charge in [0.25, 0.3) is 0 Å². The summed E-state index contributed by atoms with van der Waals surface area (Å²) >= 11 is 0. The molecule has 5 heteroatoms. The molecule has 0 N–H and O–H groups in total. The average molecular weight is 594 g/mol. The predicted molar refractivity (Wildman–Crippen MR) is 113 cm³/mol. The van der Waals surface area contributed by atoms with Gasteiger partial charge in [-0.25, -0.2) is 12.2 Å². The van der Waals surface area contributed by atoms with Crippen molar-refractivity contribution >= 4 is 47.1 Å². The maximum atomic E-state index is 2.99. The number of hydrogen-bond acceptors (Lipinski definition) is 0. The smallest absolute Gasteiger partial charge is 1.00 e. The Morgan fingerprint density at radius 3 is 2.19 bits per heavy atom. The molecule has 0 atom stereocenters. The van der Waals surface area contributed by atoms with E-state index in [9.17, 15) is 0 Å². The summed E-state index contributed by atoms with van der Waals surface area (Å²) in [7, 11) is -2.31. The van der Waals surface area contributed by atoms with Crippen LogP contribution in [0.1, 0.15) is 6.42 Å². The Hall–Kier alpha value is -0.326. The molecule has 138 valence electrons. The molecule has 2 aliphatic rings. The number of benzene rings is 2. The molecule has 0 bridgehead atoms. The molecule has 27 heavy (non-hydrogen) atoms. The first-order valence-corrected chi connectivity index (χ1v) is 15.8. The zero-order valence-electron chi connectivity index (χ0n) is 16.2. The van der Waals surface area contributed by atoms with Crippen molar-refractivity contribution in [3.05, 3.63) is 66.8 Å². The molecule has 5 rings (SSSR count). The zero-order valence-corrected chi connectivity index (χ0v) is 23.3. The number of rotatable bonds is 0. The summed E-state index contributed by atoms with van der Waals surface area (Å²) in [6.45, 7) is 10.3. The third kappa shape index (κ3) is 3.78. The first-order chi connectivity index (χ1) is 11.4. The number of hydrogen-bond donors (Lipinski definition) is 0.